The number of rotatable bonds is 2. The van der Waals surface area contributed by atoms with Gasteiger partial charge in [-0.15, -0.1) is 0 Å². The van der Waals surface area contributed by atoms with Gasteiger partial charge < -0.3 is 5.73 Å². The lowest BCUT2D eigenvalue weighted by Gasteiger charge is -2.07. The normalized spacial score (nSPS) is 10.3. The standard InChI is InChI=1S/C9H15N3/c1-6-9(4-5-10)7(2)12-8(3)11-6/h4-5,10H2,1-3H3. The lowest BCUT2D eigenvalue weighted by molar-refractivity contribution is 0.872. The van der Waals surface area contributed by atoms with Crippen LogP contribution in [0.3, 0.4) is 0 Å². The van der Waals surface area contributed by atoms with E-state index < -0.39 is 0 Å². The maximum atomic E-state index is 5.48. The van der Waals surface area contributed by atoms with Gasteiger partial charge in [0.25, 0.3) is 0 Å². The van der Waals surface area contributed by atoms with Crippen molar-refractivity contribution in [2.75, 3.05) is 6.54 Å². The van der Waals surface area contributed by atoms with E-state index in [1.807, 2.05) is 20.8 Å². The molecular formula is C9H15N3. The average Bonchev–Trinajstić information content (AvgIpc) is 1.96. The number of nitrogens with zero attached hydrogens (tertiary/aromatic N) is 2. The van der Waals surface area contributed by atoms with Crippen molar-refractivity contribution in [2.24, 2.45) is 5.73 Å². The van der Waals surface area contributed by atoms with E-state index in [1.54, 1.807) is 0 Å². The van der Waals surface area contributed by atoms with Gasteiger partial charge >= 0.3 is 0 Å². The van der Waals surface area contributed by atoms with Crippen LogP contribution in [-0.2, 0) is 6.42 Å². The van der Waals surface area contributed by atoms with Gasteiger partial charge in [-0.2, -0.15) is 0 Å². The number of hydrogen-bond acceptors (Lipinski definition) is 3. The Morgan fingerprint density at radius 2 is 1.58 bits per heavy atom. The molecule has 0 aliphatic carbocycles. The van der Waals surface area contributed by atoms with E-state index in [-0.39, 0.29) is 0 Å². The monoisotopic (exact) mass is 165 g/mol. The van der Waals surface area contributed by atoms with Crippen molar-refractivity contribution in [3.8, 4) is 0 Å². The maximum Gasteiger partial charge on any atom is 0.125 e. The SMILES string of the molecule is Cc1nc(C)c(CCN)c(C)n1. The highest BCUT2D eigenvalue weighted by molar-refractivity contribution is 5.24. The van der Waals surface area contributed by atoms with E-state index in [0.29, 0.717) is 6.54 Å². The molecule has 0 spiro atoms. The number of aromatic nitrogens is 2. The van der Waals surface area contributed by atoms with Crippen LogP contribution in [0.5, 0.6) is 0 Å². The van der Waals surface area contributed by atoms with E-state index >= 15 is 0 Å². The van der Waals surface area contributed by atoms with Gasteiger partial charge in [-0.1, -0.05) is 0 Å². The second-order valence-electron chi connectivity index (χ2n) is 2.96. The van der Waals surface area contributed by atoms with Crippen molar-refractivity contribution in [3.63, 3.8) is 0 Å². The first-order valence-electron chi connectivity index (χ1n) is 4.16. The average molecular weight is 165 g/mol. The fourth-order valence-electron chi connectivity index (χ4n) is 1.41. The van der Waals surface area contributed by atoms with Crippen molar-refractivity contribution in [1.82, 2.24) is 9.97 Å². The zero-order chi connectivity index (χ0) is 9.14. The van der Waals surface area contributed by atoms with Gasteiger partial charge in [0.05, 0.1) is 0 Å². The molecule has 0 unspecified atom stereocenters. The number of aryl methyl sites for hydroxylation is 3. The van der Waals surface area contributed by atoms with Gasteiger partial charge in [-0.25, -0.2) is 9.97 Å². The zero-order valence-electron chi connectivity index (χ0n) is 7.89. The Labute approximate surface area is 73.0 Å². The van der Waals surface area contributed by atoms with Crippen LogP contribution in [0.2, 0.25) is 0 Å². The Morgan fingerprint density at radius 1 is 1.08 bits per heavy atom. The third-order valence-corrected chi connectivity index (χ3v) is 1.93. The first kappa shape index (κ1) is 9.13. The van der Waals surface area contributed by atoms with Gasteiger partial charge in [0.1, 0.15) is 5.82 Å². The zero-order valence-corrected chi connectivity index (χ0v) is 7.89. The molecule has 1 aromatic heterocycles. The third kappa shape index (κ3) is 1.80. The van der Waals surface area contributed by atoms with Crippen molar-refractivity contribution in [2.45, 2.75) is 27.2 Å². The highest BCUT2D eigenvalue weighted by Crippen LogP contribution is 2.09. The summed E-state index contributed by atoms with van der Waals surface area (Å²) in [6.45, 7) is 6.58. The largest absolute Gasteiger partial charge is 0.330 e. The quantitative estimate of drug-likeness (QED) is 0.708. The fraction of sp³-hybridized carbons (Fsp3) is 0.556. The molecule has 1 heterocycles. The summed E-state index contributed by atoms with van der Waals surface area (Å²) >= 11 is 0. The van der Waals surface area contributed by atoms with Crippen LogP contribution in [0.1, 0.15) is 22.8 Å². The lowest BCUT2D eigenvalue weighted by atomic mass is 10.1. The van der Waals surface area contributed by atoms with Gasteiger partial charge in [-0.05, 0) is 39.3 Å². The van der Waals surface area contributed by atoms with Crippen molar-refractivity contribution < 1.29 is 0 Å². The predicted octanol–water partition coefficient (Wildman–Crippen LogP) is 0.903. The minimum absolute atomic E-state index is 0.661. The molecular weight excluding hydrogens is 150 g/mol. The van der Waals surface area contributed by atoms with Gasteiger partial charge in [-0.3, -0.25) is 0 Å². The van der Waals surface area contributed by atoms with E-state index in [4.69, 9.17) is 5.73 Å². The van der Waals surface area contributed by atoms with Crippen molar-refractivity contribution in [1.29, 1.82) is 0 Å². The Balaban J connectivity index is 3.10. The summed E-state index contributed by atoms with van der Waals surface area (Å²) in [5.74, 6) is 0.839. The molecule has 1 rings (SSSR count). The molecule has 0 radical (unpaired) electrons. The molecule has 0 saturated heterocycles. The molecule has 2 N–H and O–H groups in total. The van der Waals surface area contributed by atoms with Crippen LogP contribution in [0, 0.1) is 20.8 Å². The first-order valence-corrected chi connectivity index (χ1v) is 4.16. The van der Waals surface area contributed by atoms with Gasteiger partial charge in [0.2, 0.25) is 0 Å². The van der Waals surface area contributed by atoms with Gasteiger partial charge in [0, 0.05) is 11.4 Å². The molecule has 1 aromatic rings. The second-order valence-corrected chi connectivity index (χ2v) is 2.96. The van der Waals surface area contributed by atoms with E-state index in [9.17, 15) is 0 Å². The summed E-state index contributed by atoms with van der Waals surface area (Å²) < 4.78 is 0. The molecule has 0 amide bonds. The van der Waals surface area contributed by atoms with Crippen LogP contribution in [0.25, 0.3) is 0 Å². The predicted molar refractivity (Wildman–Crippen MR) is 49.0 cm³/mol. The van der Waals surface area contributed by atoms with Crippen LogP contribution in [-0.4, -0.2) is 16.5 Å². The van der Waals surface area contributed by atoms with Crippen LogP contribution >= 0.6 is 0 Å². The summed E-state index contributed by atoms with van der Waals surface area (Å²) in [6, 6.07) is 0. The van der Waals surface area contributed by atoms with Crippen molar-refractivity contribution >= 4 is 0 Å². The molecule has 3 nitrogen and oxygen atoms in total. The van der Waals surface area contributed by atoms with Crippen LogP contribution in [0.4, 0.5) is 0 Å². The molecule has 0 saturated carbocycles. The first-order chi connectivity index (χ1) is 5.65. The summed E-state index contributed by atoms with van der Waals surface area (Å²) in [6.07, 6.45) is 0.873. The molecule has 0 aliphatic heterocycles. The van der Waals surface area contributed by atoms with Crippen molar-refractivity contribution in [3.05, 3.63) is 22.8 Å². The summed E-state index contributed by atoms with van der Waals surface area (Å²) in [7, 11) is 0. The number of hydrogen-bond donors (Lipinski definition) is 1. The summed E-state index contributed by atoms with van der Waals surface area (Å²) in [5.41, 5.74) is 8.80. The van der Waals surface area contributed by atoms with Crippen LogP contribution < -0.4 is 5.73 Å². The number of nitrogens with two attached hydrogens (primary N) is 1. The Hall–Kier alpha value is -0.960. The topological polar surface area (TPSA) is 51.8 Å². The molecule has 0 fully saturated rings. The smallest absolute Gasteiger partial charge is 0.125 e. The minimum Gasteiger partial charge on any atom is -0.330 e. The highest BCUT2D eigenvalue weighted by Gasteiger charge is 2.04. The third-order valence-electron chi connectivity index (χ3n) is 1.93. The molecule has 12 heavy (non-hydrogen) atoms. The summed E-state index contributed by atoms with van der Waals surface area (Å²) in [5, 5.41) is 0. The lowest BCUT2D eigenvalue weighted by Crippen LogP contribution is -2.09. The molecule has 0 bridgehead atoms. The molecule has 66 valence electrons. The summed E-state index contributed by atoms with van der Waals surface area (Å²) in [4.78, 5) is 8.57. The maximum absolute atomic E-state index is 5.48. The van der Waals surface area contributed by atoms with Gasteiger partial charge in [0.15, 0.2) is 0 Å². The van der Waals surface area contributed by atoms with E-state index in [0.717, 1.165) is 23.6 Å². The fourth-order valence-corrected chi connectivity index (χ4v) is 1.41. The van der Waals surface area contributed by atoms with E-state index in [2.05, 4.69) is 9.97 Å². The molecule has 3 heteroatoms. The Bertz CT molecular complexity index is 258. The highest BCUT2D eigenvalue weighted by atomic mass is 14.9. The Kier molecular flexibility index (Phi) is 2.76. The Morgan fingerprint density at radius 3 is 2.00 bits per heavy atom. The minimum atomic E-state index is 0.661. The van der Waals surface area contributed by atoms with E-state index in [1.165, 1.54) is 5.56 Å². The molecule has 0 aromatic carbocycles. The molecule has 0 atom stereocenters. The second kappa shape index (κ2) is 3.63. The van der Waals surface area contributed by atoms with Crippen LogP contribution in [0.15, 0.2) is 0 Å². The molecule has 0 aliphatic rings.